The van der Waals surface area contributed by atoms with Crippen LogP contribution in [0.5, 0.6) is 5.88 Å². The van der Waals surface area contributed by atoms with E-state index in [4.69, 9.17) is 4.74 Å². The van der Waals surface area contributed by atoms with Crippen molar-refractivity contribution in [3.8, 4) is 5.88 Å². The number of rotatable bonds is 3. The van der Waals surface area contributed by atoms with Gasteiger partial charge in [-0.25, -0.2) is 4.98 Å². The number of nitrogens with one attached hydrogen (secondary N) is 1. The Kier molecular flexibility index (Phi) is 3.09. The maximum atomic E-state index is 5.09. The van der Waals surface area contributed by atoms with E-state index in [-0.39, 0.29) is 0 Å². The van der Waals surface area contributed by atoms with E-state index in [1.54, 1.807) is 13.3 Å². The smallest absolute Gasteiger partial charge is 0.214 e. The van der Waals surface area contributed by atoms with Crippen LogP contribution < -0.4 is 10.1 Å². The van der Waals surface area contributed by atoms with Gasteiger partial charge in [0.2, 0.25) is 5.88 Å². The third kappa shape index (κ3) is 2.61. The fraction of sp³-hybridized carbons (Fsp3) is 0.583. The first-order chi connectivity index (χ1) is 7.28. The van der Waals surface area contributed by atoms with E-state index in [9.17, 15) is 0 Å². The summed E-state index contributed by atoms with van der Waals surface area (Å²) in [5, 5.41) is 3.53. The van der Waals surface area contributed by atoms with Crippen molar-refractivity contribution in [2.45, 2.75) is 32.2 Å². The lowest BCUT2D eigenvalue weighted by molar-refractivity contribution is 0.398. The molecule has 1 aliphatic rings. The van der Waals surface area contributed by atoms with E-state index in [0.717, 1.165) is 11.6 Å². The summed E-state index contributed by atoms with van der Waals surface area (Å²) in [7, 11) is 1.64. The molecule has 0 bridgehead atoms. The van der Waals surface area contributed by atoms with Gasteiger partial charge in [0.25, 0.3) is 0 Å². The third-order valence-corrected chi connectivity index (χ3v) is 3.01. The van der Waals surface area contributed by atoms with Gasteiger partial charge in [-0.3, -0.25) is 0 Å². The minimum absolute atomic E-state index is 0.618. The zero-order chi connectivity index (χ0) is 10.7. The van der Waals surface area contributed by atoms with Crippen LogP contribution in [-0.2, 0) is 0 Å². The Morgan fingerprint density at radius 2 is 2.33 bits per heavy atom. The standard InChI is InChI=1S/C12H18N2O/c1-9-3-4-10(7-9)14-11-5-6-13-12(8-11)15-2/h5-6,8-10H,3-4,7H2,1-2H3,(H,13,14). The highest BCUT2D eigenvalue weighted by atomic mass is 16.5. The lowest BCUT2D eigenvalue weighted by atomic mass is 10.1. The molecule has 0 radical (unpaired) electrons. The summed E-state index contributed by atoms with van der Waals surface area (Å²) in [6.45, 7) is 2.31. The number of methoxy groups -OCH3 is 1. The minimum Gasteiger partial charge on any atom is -0.481 e. The molecule has 2 atom stereocenters. The van der Waals surface area contributed by atoms with Crippen LogP contribution in [0.4, 0.5) is 5.69 Å². The highest BCUT2D eigenvalue weighted by Crippen LogP contribution is 2.27. The molecule has 82 valence electrons. The molecule has 0 aliphatic heterocycles. The lowest BCUT2D eigenvalue weighted by Crippen LogP contribution is -2.15. The molecule has 1 aliphatic carbocycles. The first-order valence-corrected chi connectivity index (χ1v) is 5.54. The molecule has 1 heterocycles. The van der Waals surface area contributed by atoms with Crippen LogP contribution in [0.15, 0.2) is 18.3 Å². The molecule has 0 amide bonds. The summed E-state index contributed by atoms with van der Waals surface area (Å²) < 4.78 is 5.09. The average Bonchev–Trinajstić information content (AvgIpc) is 2.64. The summed E-state index contributed by atoms with van der Waals surface area (Å²) in [4.78, 5) is 4.09. The second kappa shape index (κ2) is 4.51. The van der Waals surface area contributed by atoms with Crippen molar-refractivity contribution in [1.29, 1.82) is 0 Å². The number of hydrogen-bond acceptors (Lipinski definition) is 3. The van der Waals surface area contributed by atoms with Gasteiger partial charge in [-0.1, -0.05) is 6.92 Å². The Balaban J connectivity index is 1.98. The first-order valence-electron chi connectivity index (χ1n) is 5.54. The van der Waals surface area contributed by atoms with Crippen molar-refractivity contribution in [1.82, 2.24) is 4.98 Å². The molecule has 0 saturated heterocycles. The molecule has 1 aromatic rings. The number of anilines is 1. The van der Waals surface area contributed by atoms with Crippen LogP contribution in [0.1, 0.15) is 26.2 Å². The zero-order valence-electron chi connectivity index (χ0n) is 9.36. The minimum atomic E-state index is 0.618. The molecule has 3 nitrogen and oxygen atoms in total. The van der Waals surface area contributed by atoms with Crippen molar-refractivity contribution in [3.63, 3.8) is 0 Å². The van der Waals surface area contributed by atoms with Crippen molar-refractivity contribution in [2.75, 3.05) is 12.4 Å². The lowest BCUT2D eigenvalue weighted by Gasteiger charge is -2.14. The Morgan fingerprint density at radius 1 is 1.47 bits per heavy atom. The van der Waals surface area contributed by atoms with Crippen molar-refractivity contribution < 1.29 is 4.74 Å². The van der Waals surface area contributed by atoms with Gasteiger partial charge in [-0.15, -0.1) is 0 Å². The molecule has 15 heavy (non-hydrogen) atoms. The number of ether oxygens (including phenoxy) is 1. The Bertz CT molecular complexity index is 327. The molecule has 0 aromatic carbocycles. The van der Waals surface area contributed by atoms with E-state index in [0.29, 0.717) is 11.9 Å². The maximum absolute atomic E-state index is 5.09. The van der Waals surface area contributed by atoms with Gasteiger partial charge in [0.05, 0.1) is 7.11 Å². The molecule has 3 heteroatoms. The number of pyridine rings is 1. The molecule has 0 spiro atoms. The molecule has 1 saturated carbocycles. The molecule has 1 N–H and O–H groups in total. The third-order valence-electron chi connectivity index (χ3n) is 3.01. The summed E-state index contributed by atoms with van der Waals surface area (Å²) >= 11 is 0. The van der Waals surface area contributed by atoms with Gasteiger partial charge in [0, 0.05) is 24.0 Å². The van der Waals surface area contributed by atoms with Crippen molar-refractivity contribution in [2.24, 2.45) is 5.92 Å². The van der Waals surface area contributed by atoms with E-state index >= 15 is 0 Å². The van der Waals surface area contributed by atoms with E-state index in [1.165, 1.54) is 19.3 Å². The van der Waals surface area contributed by atoms with Gasteiger partial charge in [-0.05, 0) is 31.2 Å². The molecule has 1 aromatic heterocycles. The molecule has 2 rings (SSSR count). The van der Waals surface area contributed by atoms with Crippen LogP contribution in [0.3, 0.4) is 0 Å². The van der Waals surface area contributed by atoms with Crippen molar-refractivity contribution >= 4 is 5.69 Å². The summed E-state index contributed by atoms with van der Waals surface area (Å²) in [5.74, 6) is 1.53. The first kappa shape index (κ1) is 10.3. The van der Waals surface area contributed by atoms with Crippen molar-refractivity contribution in [3.05, 3.63) is 18.3 Å². The predicted molar refractivity (Wildman–Crippen MR) is 61.2 cm³/mol. The summed E-state index contributed by atoms with van der Waals surface area (Å²) in [6.07, 6.45) is 5.65. The topological polar surface area (TPSA) is 34.1 Å². The van der Waals surface area contributed by atoms with Crippen LogP contribution in [0.2, 0.25) is 0 Å². The number of aromatic nitrogens is 1. The average molecular weight is 206 g/mol. The second-order valence-corrected chi connectivity index (χ2v) is 4.35. The molecular formula is C12H18N2O. The van der Waals surface area contributed by atoms with E-state index in [1.807, 2.05) is 12.1 Å². The van der Waals surface area contributed by atoms with Crippen LogP contribution in [0.25, 0.3) is 0 Å². The predicted octanol–water partition coefficient (Wildman–Crippen LogP) is 2.69. The quantitative estimate of drug-likeness (QED) is 0.825. The SMILES string of the molecule is COc1cc(NC2CCC(C)C2)ccn1. The Hall–Kier alpha value is -1.25. The maximum Gasteiger partial charge on any atom is 0.214 e. The largest absolute Gasteiger partial charge is 0.481 e. The molecule has 2 unspecified atom stereocenters. The van der Waals surface area contributed by atoms with E-state index < -0.39 is 0 Å². The highest BCUT2D eigenvalue weighted by Gasteiger charge is 2.20. The van der Waals surface area contributed by atoms with Crippen LogP contribution >= 0.6 is 0 Å². The van der Waals surface area contributed by atoms with E-state index in [2.05, 4.69) is 17.2 Å². The second-order valence-electron chi connectivity index (χ2n) is 4.35. The fourth-order valence-corrected chi connectivity index (χ4v) is 2.18. The fourth-order valence-electron chi connectivity index (χ4n) is 2.18. The Morgan fingerprint density at radius 3 is 3.00 bits per heavy atom. The van der Waals surface area contributed by atoms with Gasteiger partial charge in [0.1, 0.15) is 0 Å². The van der Waals surface area contributed by atoms with Gasteiger partial charge in [-0.2, -0.15) is 0 Å². The monoisotopic (exact) mass is 206 g/mol. The van der Waals surface area contributed by atoms with Gasteiger partial charge in [0.15, 0.2) is 0 Å². The summed E-state index contributed by atoms with van der Waals surface area (Å²) in [5.41, 5.74) is 1.11. The normalized spacial score (nSPS) is 25.2. The Labute approximate surface area is 90.9 Å². The molecular weight excluding hydrogens is 188 g/mol. The highest BCUT2D eigenvalue weighted by molar-refractivity contribution is 5.45. The van der Waals surface area contributed by atoms with Crippen LogP contribution in [0, 0.1) is 5.92 Å². The van der Waals surface area contributed by atoms with Crippen LogP contribution in [-0.4, -0.2) is 18.1 Å². The van der Waals surface area contributed by atoms with Gasteiger partial charge >= 0.3 is 0 Å². The zero-order valence-corrected chi connectivity index (χ0v) is 9.36. The number of hydrogen-bond donors (Lipinski definition) is 1. The molecule has 1 fully saturated rings. The van der Waals surface area contributed by atoms with Gasteiger partial charge < -0.3 is 10.1 Å². The summed E-state index contributed by atoms with van der Waals surface area (Å²) in [6, 6.07) is 4.56. The number of nitrogens with zero attached hydrogens (tertiary/aromatic N) is 1.